The Labute approximate surface area is 68.9 Å². The first-order chi connectivity index (χ1) is 5.70. The summed E-state index contributed by atoms with van der Waals surface area (Å²) >= 11 is 0. The van der Waals surface area contributed by atoms with Crippen molar-refractivity contribution in [1.29, 1.82) is 5.41 Å². The van der Waals surface area contributed by atoms with Crippen LogP contribution < -0.4 is 5.49 Å². The summed E-state index contributed by atoms with van der Waals surface area (Å²) in [6.45, 7) is 0. The highest BCUT2D eigenvalue weighted by Gasteiger charge is 1.86. The van der Waals surface area contributed by atoms with E-state index in [0.717, 1.165) is 6.08 Å². The normalized spacial score (nSPS) is 10.3. The molecule has 0 amide bonds. The van der Waals surface area contributed by atoms with Crippen molar-refractivity contribution < 1.29 is 9.90 Å². The summed E-state index contributed by atoms with van der Waals surface area (Å²) in [5.74, 6) is -1.02. The molecule has 0 bridgehead atoms. The van der Waals surface area contributed by atoms with Crippen LogP contribution in [-0.2, 0) is 4.79 Å². The van der Waals surface area contributed by atoms with Gasteiger partial charge in [-0.05, 0) is 12.1 Å². The van der Waals surface area contributed by atoms with Crippen LogP contribution in [-0.4, -0.2) is 15.6 Å². The second kappa shape index (κ2) is 3.52. The summed E-state index contributed by atoms with van der Waals surface area (Å²) in [5, 5.41) is 15.6. The first-order valence-corrected chi connectivity index (χ1v) is 3.33. The minimum absolute atomic E-state index is 0.245. The van der Waals surface area contributed by atoms with Crippen molar-refractivity contribution in [3.8, 4) is 0 Å². The second-order valence-corrected chi connectivity index (χ2v) is 2.15. The van der Waals surface area contributed by atoms with Crippen molar-refractivity contribution in [2.45, 2.75) is 0 Å². The molecule has 62 valence electrons. The summed E-state index contributed by atoms with van der Waals surface area (Å²) in [6, 6.07) is 5.02. The van der Waals surface area contributed by atoms with Gasteiger partial charge in [0.2, 0.25) is 0 Å². The molecule has 0 aliphatic rings. The predicted molar refractivity (Wildman–Crippen MR) is 43.3 cm³/mol. The molecule has 4 nitrogen and oxygen atoms in total. The number of aliphatic carboxylic acids is 1. The maximum absolute atomic E-state index is 10.1. The lowest BCUT2D eigenvalue weighted by Crippen LogP contribution is -2.12. The number of carboxylic acid groups (broad SMARTS) is 1. The summed E-state index contributed by atoms with van der Waals surface area (Å²) < 4.78 is 1.41. The lowest BCUT2D eigenvalue weighted by molar-refractivity contribution is -0.131. The van der Waals surface area contributed by atoms with Crippen LogP contribution in [0.15, 0.2) is 30.5 Å². The molecule has 1 aromatic heterocycles. The minimum atomic E-state index is -1.02. The van der Waals surface area contributed by atoms with Crippen LogP contribution in [0.1, 0.15) is 0 Å². The highest BCUT2D eigenvalue weighted by atomic mass is 16.4. The molecule has 0 spiro atoms. The first-order valence-electron chi connectivity index (χ1n) is 3.33. The average Bonchev–Trinajstić information content (AvgIpc) is 2.03. The Hall–Kier alpha value is -1.84. The van der Waals surface area contributed by atoms with Crippen LogP contribution in [0.4, 0.5) is 0 Å². The standard InChI is InChI=1S/C8H8N2O2/c9-7-3-1-2-5-10(7)6-4-8(11)12/h1-6,9H,(H,11,12)/b6-4-,9-7?. The van der Waals surface area contributed by atoms with E-state index in [-0.39, 0.29) is 5.49 Å². The maximum atomic E-state index is 10.1. The Kier molecular flexibility index (Phi) is 2.42. The van der Waals surface area contributed by atoms with E-state index in [4.69, 9.17) is 10.5 Å². The number of nitrogens with one attached hydrogen (secondary N) is 1. The maximum Gasteiger partial charge on any atom is 0.329 e. The van der Waals surface area contributed by atoms with Gasteiger partial charge >= 0.3 is 5.97 Å². The average molecular weight is 164 g/mol. The van der Waals surface area contributed by atoms with E-state index in [0.29, 0.717) is 0 Å². The van der Waals surface area contributed by atoms with Crippen molar-refractivity contribution in [3.05, 3.63) is 36.0 Å². The van der Waals surface area contributed by atoms with Gasteiger partial charge in [0.1, 0.15) is 5.49 Å². The molecule has 0 aliphatic carbocycles. The second-order valence-electron chi connectivity index (χ2n) is 2.15. The van der Waals surface area contributed by atoms with Crippen LogP contribution >= 0.6 is 0 Å². The Morgan fingerprint density at radius 1 is 1.58 bits per heavy atom. The van der Waals surface area contributed by atoms with Crippen molar-refractivity contribution in [2.24, 2.45) is 0 Å². The molecule has 4 heteroatoms. The lowest BCUT2D eigenvalue weighted by atomic mass is 10.5. The fraction of sp³-hybridized carbons (Fsp3) is 0. The molecule has 0 saturated heterocycles. The number of nitrogens with zero attached hydrogens (tertiary/aromatic N) is 1. The predicted octanol–water partition coefficient (Wildman–Crippen LogP) is 0.523. The molecule has 1 rings (SSSR count). The number of rotatable bonds is 2. The molecule has 12 heavy (non-hydrogen) atoms. The smallest absolute Gasteiger partial charge is 0.329 e. The zero-order chi connectivity index (χ0) is 8.97. The van der Waals surface area contributed by atoms with Crippen LogP contribution in [0.3, 0.4) is 0 Å². The zero-order valence-electron chi connectivity index (χ0n) is 6.27. The number of aromatic nitrogens is 1. The summed E-state index contributed by atoms with van der Waals surface area (Å²) in [6.07, 6.45) is 3.92. The van der Waals surface area contributed by atoms with Crippen molar-refractivity contribution in [1.82, 2.24) is 4.57 Å². The van der Waals surface area contributed by atoms with Crippen LogP contribution in [0, 0.1) is 5.41 Å². The van der Waals surface area contributed by atoms with E-state index in [1.54, 1.807) is 24.4 Å². The topological polar surface area (TPSA) is 66.1 Å². The van der Waals surface area contributed by atoms with Gasteiger partial charge in [-0.25, -0.2) is 4.79 Å². The zero-order valence-corrected chi connectivity index (χ0v) is 6.27. The fourth-order valence-corrected chi connectivity index (χ4v) is 0.730. The van der Waals surface area contributed by atoms with E-state index in [1.165, 1.54) is 10.8 Å². The van der Waals surface area contributed by atoms with Gasteiger partial charge < -0.3 is 9.67 Å². The quantitative estimate of drug-likeness (QED) is 0.626. The van der Waals surface area contributed by atoms with Gasteiger partial charge in [0.05, 0.1) is 0 Å². The Bertz CT molecular complexity index is 365. The number of carboxylic acids is 1. The van der Waals surface area contributed by atoms with E-state index in [2.05, 4.69) is 0 Å². The van der Waals surface area contributed by atoms with Gasteiger partial charge in [-0.3, -0.25) is 5.41 Å². The Morgan fingerprint density at radius 3 is 2.92 bits per heavy atom. The van der Waals surface area contributed by atoms with E-state index < -0.39 is 5.97 Å². The van der Waals surface area contributed by atoms with Gasteiger partial charge in [-0.15, -0.1) is 0 Å². The molecule has 1 heterocycles. The molecule has 0 unspecified atom stereocenters. The van der Waals surface area contributed by atoms with Crippen molar-refractivity contribution >= 4 is 12.2 Å². The highest BCUT2D eigenvalue weighted by Crippen LogP contribution is 1.82. The molecule has 1 aromatic rings. The SMILES string of the molecule is N=c1ccccn1/C=C\C(=O)O. The minimum Gasteiger partial charge on any atom is -0.478 e. The molecular formula is C8H8N2O2. The van der Waals surface area contributed by atoms with Gasteiger partial charge in [0.25, 0.3) is 0 Å². The molecule has 0 fully saturated rings. The highest BCUT2D eigenvalue weighted by molar-refractivity contribution is 5.82. The third-order valence-electron chi connectivity index (χ3n) is 1.27. The fourth-order valence-electron chi connectivity index (χ4n) is 0.730. The summed E-state index contributed by atoms with van der Waals surface area (Å²) in [7, 11) is 0. The third kappa shape index (κ3) is 2.09. The van der Waals surface area contributed by atoms with Crippen molar-refractivity contribution in [3.63, 3.8) is 0 Å². The largest absolute Gasteiger partial charge is 0.478 e. The molecule has 0 saturated carbocycles. The van der Waals surface area contributed by atoms with E-state index in [1.807, 2.05) is 0 Å². The Balaban J connectivity index is 2.97. The molecular weight excluding hydrogens is 156 g/mol. The number of pyridine rings is 1. The Morgan fingerprint density at radius 2 is 2.33 bits per heavy atom. The number of hydrogen-bond donors (Lipinski definition) is 2. The van der Waals surface area contributed by atoms with Crippen molar-refractivity contribution in [2.75, 3.05) is 0 Å². The lowest BCUT2D eigenvalue weighted by Gasteiger charge is -1.95. The van der Waals surface area contributed by atoms with Gasteiger partial charge in [0, 0.05) is 18.5 Å². The molecule has 0 aliphatic heterocycles. The van der Waals surface area contributed by atoms with E-state index >= 15 is 0 Å². The van der Waals surface area contributed by atoms with Gasteiger partial charge in [0.15, 0.2) is 0 Å². The van der Waals surface area contributed by atoms with Crippen LogP contribution in [0.2, 0.25) is 0 Å². The number of carbonyl (C=O) groups is 1. The first kappa shape index (κ1) is 8.26. The van der Waals surface area contributed by atoms with Gasteiger partial charge in [-0.1, -0.05) is 6.07 Å². The molecule has 0 aromatic carbocycles. The van der Waals surface area contributed by atoms with Crippen LogP contribution in [0.5, 0.6) is 0 Å². The van der Waals surface area contributed by atoms with Gasteiger partial charge in [-0.2, -0.15) is 0 Å². The molecule has 0 atom stereocenters. The molecule has 0 radical (unpaired) electrons. The van der Waals surface area contributed by atoms with Crippen LogP contribution in [0.25, 0.3) is 6.20 Å². The van der Waals surface area contributed by atoms with E-state index in [9.17, 15) is 4.79 Å². The third-order valence-corrected chi connectivity index (χ3v) is 1.27. The summed E-state index contributed by atoms with van der Waals surface area (Å²) in [5.41, 5.74) is 0.245. The molecule has 2 N–H and O–H groups in total. The number of hydrogen-bond acceptors (Lipinski definition) is 2. The summed E-state index contributed by atoms with van der Waals surface area (Å²) in [4.78, 5) is 10.1. The monoisotopic (exact) mass is 164 g/mol.